The Morgan fingerprint density at radius 1 is 1.19 bits per heavy atom. The van der Waals surface area contributed by atoms with Crippen LogP contribution >= 0.6 is 0 Å². The summed E-state index contributed by atoms with van der Waals surface area (Å²) < 4.78 is 11.8. The standard InChI is InChI=1S/C22H29NO4/c1-23(12-17-13-26-18-4-2-3-5-19(18)27-17)20(24)11-21-7-15-6-16(8-21)10-22(25,9-15)14-21/h2-5,15-17,25H,6-14H2,1H3. The quantitative estimate of drug-likeness (QED) is 0.884. The van der Waals surface area contributed by atoms with Gasteiger partial charge in [-0.05, 0) is 67.9 Å². The van der Waals surface area contributed by atoms with E-state index in [0.29, 0.717) is 31.4 Å². The van der Waals surface area contributed by atoms with Crippen molar-refractivity contribution in [2.75, 3.05) is 20.2 Å². The summed E-state index contributed by atoms with van der Waals surface area (Å²) in [6.45, 7) is 0.990. The first kappa shape index (κ1) is 17.4. The van der Waals surface area contributed by atoms with Gasteiger partial charge in [-0.15, -0.1) is 0 Å². The van der Waals surface area contributed by atoms with Gasteiger partial charge < -0.3 is 19.5 Å². The van der Waals surface area contributed by atoms with Crippen molar-refractivity contribution >= 4 is 5.91 Å². The van der Waals surface area contributed by atoms with Crippen molar-refractivity contribution in [3.05, 3.63) is 24.3 Å². The second-order valence-electron chi connectivity index (χ2n) is 9.63. The summed E-state index contributed by atoms with van der Waals surface area (Å²) in [5.74, 6) is 2.91. The number of likely N-dealkylation sites (N-methyl/N-ethyl adjacent to an activating group) is 1. The van der Waals surface area contributed by atoms with Crippen LogP contribution in [-0.2, 0) is 4.79 Å². The number of hydrogen-bond donors (Lipinski definition) is 1. The van der Waals surface area contributed by atoms with Crippen LogP contribution < -0.4 is 9.47 Å². The Balaban J connectivity index is 1.22. The van der Waals surface area contributed by atoms with Crippen LogP contribution in [0.4, 0.5) is 0 Å². The zero-order valence-electron chi connectivity index (χ0n) is 16.0. The van der Waals surface area contributed by atoms with Crippen LogP contribution in [0.2, 0.25) is 0 Å². The number of hydrogen-bond acceptors (Lipinski definition) is 4. The molecule has 5 aliphatic rings. The van der Waals surface area contributed by atoms with Crippen LogP contribution in [0.3, 0.4) is 0 Å². The van der Waals surface area contributed by atoms with Crippen LogP contribution in [0.25, 0.3) is 0 Å². The van der Waals surface area contributed by atoms with Gasteiger partial charge in [0.05, 0.1) is 12.1 Å². The predicted molar refractivity (Wildman–Crippen MR) is 101 cm³/mol. The molecule has 1 heterocycles. The number of amides is 1. The fourth-order valence-electron chi connectivity index (χ4n) is 6.62. The molecule has 3 unspecified atom stereocenters. The van der Waals surface area contributed by atoms with Gasteiger partial charge in [-0.2, -0.15) is 0 Å². The third kappa shape index (κ3) is 3.20. The molecule has 3 atom stereocenters. The zero-order chi connectivity index (χ0) is 18.6. The maximum atomic E-state index is 13.0. The van der Waals surface area contributed by atoms with E-state index in [2.05, 4.69) is 0 Å². The van der Waals surface area contributed by atoms with Crippen molar-refractivity contribution in [1.29, 1.82) is 0 Å². The lowest BCUT2D eigenvalue weighted by atomic mass is 9.47. The third-order valence-electron chi connectivity index (χ3n) is 7.15. The van der Waals surface area contributed by atoms with Crippen LogP contribution in [0.15, 0.2) is 24.3 Å². The van der Waals surface area contributed by atoms with Crippen molar-refractivity contribution < 1.29 is 19.4 Å². The van der Waals surface area contributed by atoms with Crippen molar-refractivity contribution in [3.63, 3.8) is 0 Å². The minimum absolute atomic E-state index is 0.0146. The number of fused-ring (bicyclic) bond motifs is 1. The highest BCUT2D eigenvalue weighted by atomic mass is 16.6. The van der Waals surface area contributed by atoms with E-state index in [-0.39, 0.29) is 17.4 Å². The van der Waals surface area contributed by atoms with E-state index < -0.39 is 5.60 Å². The fourth-order valence-corrected chi connectivity index (χ4v) is 6.62. The first-order chi connectivity index (χ1) is 12.9. The third-order valence-corrected chi connectivity index (χ3v) is 7.15. The van der Waals surface area contributed by atoms with Gasteiger partial charge in [-0.25, -0.2) is 0 Å². The zero-order valence-corrected chi connectivity index (χ0v) is 16.0. The van der Waals surface area contributed by atoms with E-state index in [0.717, 1.165) is 43.6 Å². The van der Waals surface area contributed by atoms with Crippen molar-refractivity contribution in [3.8, 4) is 11.5 Å². The summed E-state index contributed by atoms with van der Waals surface area (Å²) >= 11 is 0. The summed E-state index contributed by atoms with van der Waals surface area (Å²) in [6.07, 6.45) is 6.59. The molecular formula is C22H29NO4. The smallest absolute Gasteiger partial charge is 0.222 e. The van der Waals surface area contributed by atoms with E-state index >= 15 is 0 Å². The largest absolute Gasteiger partial charge is 0.486 e. The minimum Gasteiger partial charge on any atom is -0.486 e. The van der Waals surface area contributed by atoms with Gasteiger partial charge in [0.15, 0.2) is 17.6 Å². The monoisotopic (exact) mass is 371 g/mol. The highest BCUT2D eigenvalue weighted by Gasteiger charge is 2.57. The Morgan fingerprint density at radius 3 is 2.59 bits per heavy atom. The van der Waals surface area contributed by atoms with Crippen LogP contribution in [0.1, 0.15) is 44.9 Å². The molecule has 4 aliphatic carbocycles. The molecule has 1 aliphatic heterocycles. The van der Waals surface area contributed by atoms with Crippen molar-refractivity contribution in [2.24, 2.45) is 17.3 Å². The van der Waals surface area contributed by atoms with Gasteiger partial charge in [0.1, 0.15) is 6.61 Å². The number of carbonyl (C=O) groups is 1. The number of ether oxygens (including phenoxy) is 2. The molecule has 4 saturated carbocycles. The Bertz CT molecular complexity index is 734. The molecule has 0 saturated heterocycles. The summed E-state index contributed by atoms with van der Waals surface area (Å²) in [6, 6.07) is 7.66. The van der Waals surface area contributed by atoms with Gasteiger partial charge >= 0.3 is 0 Å². The molecule has 1 aromatic rings. The molecule has 4 bridgehead atoms. The summed E-state index contributed by atoms with van der Waals surface area (Å²) in [4.78, 5) is 14.8. The molecule has 1 amide bonds. The normalized spacial score (nSPS) is 38.7. The van der Waals surface area contributed by atoms with Gasteiger partial charge in [0.25, 0.3) is 0 Å². The number of para-hydroxylation sites is 2. The topological polar surface area (TPSA) is 59.0 Å². The second-order valence-corrected chi connectivity index (χ2v) is 9.63. The second kappa shape index (κ2) is 6.13. The average Bonchev–Trinajstić information content (AvgIpc) is 2.59. The molecule has 0 spiro atoms. The number of benzene rings is 1. The summed E-state index contributed by atoms with van der Waals surface area (Å²) in [5, 5.41) is 10.9. The molecule has 4 fully saturated rings. The van der Waals surface area contributed by atoms with Gasteiger partial charge in [-0.3, -0.25) is 4.79 Å². The first-order valence-corrected chi connectivity index (χ1v) is 10.3. The maximum Gasteiger partial charge on any atom is 0.222 e. The van der Waals surface area contributed by atoms with Crippen molar-refractivity contribution in [1.82, 2.24) is 4.90 Å². The van der Waals surface area contributed by atoms with E-state index in [4.69, 9.17) is 9.47 Å². The Labute approximate surface area is 160 Å². The lowest BCUT2D eigenvalue weighted by molar-refractivity contribution is -0.172. The summed E-state index contributed by atoms with van der Waals surface area (Å²) in [5.41, 5.74) is -0.492. The molecule has 5 nitrogen and oxygen atoms in total. The maximum absolute atomic E-state index is 13.0. The number of carbonyl (C=O) groups excluding carboxylic acids is 1. The van der Waals surface area contributed by atoms with Gasteiger partial charge in [0.2, 0.25) is 5.91 Å². The Kier molecular flexibility index (Phi) is 3.94. The SMILES string of the molecule is CN(CC1COc2ccccc2O1)C(=O)CC12CC3CC(CC(O)(C3)C1)C2. The molecule has 1 aromatic carbocycles. The molecule has 6 rings (SSSR count). The molecule has 5 heteroatoms. The van der Waals surface area contributed by atoms with Crippen molar-refractivity contribution in [2.45, 2.75) is 56.7 Å². The Hall–Kier alpha value is -1.75. The van der Waals surface area contributed by atoms with E-state index in [1.54, 1.807) is 4.90 Å². The minimum atomic E-state index is -0.507. The highest BCUT2D eigenvalue weighted by Crippen LogP contribution is 2.62. The number of aliphatic hydroxyl groups is 1. The lowest BCUT2D eigenvalue weighted by Crippen LogP contribution is -2.56. The van der Waals surface area contributed by atoms with Crippen LogP contribution in [0, 0.1) is 17.3 Å². The van der Waals surface area contributed by atoms with Gasteiger partial charge in [0, 0.05) is 13.5 Å². The van der Waals surface area contributed by atoms with E-state index in [9.17, 15) is 9.90 Å². The number of nitrogens with zero attached hydrogens (tertiary/aromatic N) is 1. The summed E-state index contributed by atoms with van der Waals surface area (Å²) in [7, 11) is 1.86. The fraction of sp³-hybridized carbons (Fsp3) is 0.682. The van der Waals surface area contributed by atoms with Crippen LogP contribution in [-0.4, -0.2) is 47.8 Å². The van der Waals surface area contributed by atoms with E-state index in [1.807, 2.05) is 31.3 Å². The van der Waals surface area contributed by atoms with E-state index in [1.165, 1.54) is 6.42 Å². The Morgan fingerprint density at radius 2 is 1.89 bits per heavy atom. The van der Waals surface area contributed by atoms with Gasteiger partial charge in [-0.1, -0.05) is 12.1 Å². The molecule has 146 valence electrons. The molecule has 0 radical (unpaired) electrons. The predicted octanol–water partition coefficient (Wildman–Crippen LogP) is 3.01. The highest BCUT2D eigenvalue weighted by molar-refractivity contribution is 5.76. The number of rotatable bonds is 4. The molecular weight excluding hydrogens is 342 g/mol. The van der Waals surface area contributed by atoms with Crippen LogP contribution in [0.5, 0.6) is 11.5 Å². The first-order valence-electron chi connectivity index (χ1n) is 10.3. The average molecular weight is 371 g/mol. The molecule has 0 aromatic heterocycles. The molecule has 1 N–H and O–H groups in total. The molecule has 27 heavy (non-hydrogen) atoms. The lowest BCUT2D eigenvalue weighted by Gasteiger charge is -2.60.